The molecule has 0 saturated carbocycles. The molecule has 0 bridgehead atoms. The number of nitrogens with one attached hydrogen (secondary N) is 1. The zero-order valence-corrected chi connectivity index (χ0v) is 11.4. The van der Waals surface area contributed by atoms with Gasteiger partial charge in [0, 0.05) is 31.8 Å². The number of furan rings is 1. The Labute approximate surface area is 109 Å². The van der Waals surface area contributed by atoms with Gasteiger partial charge in [0.2, 0.25) is 0 Å². The second kappa shape index (κ2) is 6.92. The van der Waals surface area contributed by atoms with Crippen LogP contribution in [0.3, 0.4) is 0 Å². The summed E-state index contributed by atoms with van der Waals surface area (Å²) in [4.78, 5) is 2.49. The first-order chi connectivity index (χ1) is 8.83. The summed E-state index contributed by atoms with van der Waals surface area (Å²) < 4.78 is 11.2. The van der Waals surface area contributed by atoms with Crippen molar-refractivity contribution in [1.29, 1.82) is 0 Å². The SMILES string of the molecule is CCOC1CCN(Cc2ccoc2CNC)CC1. The lowest BCUT2D eigenvalue weighted by atomic mass is 10.1. The molecule has 0 aromatic carbocycles. The minimum atomic E-state index is 0.465. The van der Waals surface area contributed by atoms with Crippen molar-refractivity contribution in [3.05, 3.63) is 23.7 Å². The fourth-order valence-corrected chi connectivity index (χ4v) is 2.53. The Bertz CT molecular complexity index is 343. The van der Waals surface area contributed by atoms with Crippen LogP contribution in [0.4, 0.5) is 0 Å². The zero-order chi connectivity index (χ0) is 12.8. The maximum atomic E-state index is 5.67. The molecule has 0 unspecified atom stereocenters. The number of hydrogen-bond acceptors (Lipinski definition) is 4. The van der Waals surface area contributed by atoms with E-state index >= 15 is 0 Å². The first-order valence-corrected chi connectivity index (χ1v) is 6.87. The van der Waals surface area contributed by atoms with Crippen LogP contribution in [-0.4, -0.2) is 37.7 Å². The zero-order valence-electron chi connectivity index (χ0n) is 11.4. The quantitative estimate of drug-likeness (QED) is 0.840. The summed E-state index contributed by atoms with van der Waals surface area (Å²) in [5.74, 6) is 1.06. The summed E-state index contributed by atoms with van der Waals surface area (Å²) in [5, 5.41) is 3.14. The van der Waals surface area contributed by atoms with Gasteiger partial charge in [-0.1, -0.05) is 0 Å². The molecule has 1 N–H and O–H groups in total. The van der Waals surface area contributed by atoms with Crippen molar-refractivity contribution in [1.82, 2.24) is 10.2 Å². The van der Waals surface area contributed by atoms with Gasteiger partial charge >= 0.3 is 0 Å². The largest absolute Gasteiger partial charge is 0.468 e. The highest BCUT2D eigenvalue weighted by atomic mass is 16.5. The molecule has 1 saturated heterocycles. The first kappa shape index (κ1) is 13.6. The van der Waals surface area contributed by atoms with E-state index < -0.39 is 0 Å². The van der Waals surface area contributed by atoms with Crippen LogP contribution in [0.2, 0.25) is 0 Å². The van der Waals surface area contributed by atoms with E-state index in [0.717, 1.165) is 51.4 Å². The van der Waals surface area contributed by atoms with Crippen molar-refractivity contribution in [2.24, 2.45) is 0 Å². The van der Waals surface area contributed by atoms with E-state index in [0.29, 0.717) is 6.10 Å². The maximum Gasteiger partial charge on any atom is 0.122 e. The van der Waals surface area contributed by atoms with E-state index in [4.69, 9.17) is 9.15 Å². The Morgan fingerprint density at radius 3 is 2.89 bits per heavy atom. The molecule has 1 aliphatic heterocycles. The van der Waals surface area contributed by atoms with Gasteiger partial charge in [-0.05, 0) is 32.9 Å². The molecular weight excluding hydrogens is 228 g/mol. The highest BCUT2D eigenvalue weighted by molar-refractivity contribution is 5.16. The molecule has 18 heavy (non-hydrogen) atoms. The molecule has 0 amide bonds. The van der Waals surface area contributed by atoms with Gasteiger partial charge in [0.15, 0.2) is 0 Å². The highest BCUT2D eigenvalue weighted by Gasteiger charge is 2.20. The lowest BCUT2D eigenvalue weighted by Gasteiger charge is -2.31. The van der Waals surface area contributed by atoms with E-state index in [1.54, 1.807) is 6.26 Å². The number of ether oxygens (including phenoxy) is 1. The van der Waals surface area contributed by atoms with Gasteiger partial charge in [0.25, 0.3) is 0 Å². The lowest BCUT2D eigenvalue weighted by molar-refractivity contribution is 0.0124. The number of hydrogen-bond donors (Lipinski definition) is 1. The van der Waals surface area contributed by atoms with Crippen LogP contribution in [-0.2, 0) is 17.8 Å². The molecule has 4 heteroatoms. The van der Waals surface area contributed by atoms with Crippen LogP contribution in [0.15, 0.2) is 16.7 Å². The Hall–Kier alpha value is -0.840. The van der Waals surface area contributed by atoms with Crippen LogP contribution in [0.1, 0.15) is 31.1 Å². The van der Waals surface area contributed by atoms with Crippen LogP contribution in [0.5, 0.6) is 0 Å². The van der Waals surface area contributed by atoms with Gasteiger partial charge in [0.05, 0.1) is 18.9 Å². The molecule has 2 rings (SSSR count). The smallest absolute Gasteiger partial charge is 0.122 e. The topological polar surface area (TPSA) is 37.6 Å². The standard InChI is InChI=1S/C14H24N2O2/c1-3-17-13-4-7-16(8-5-13)11-12-6-9-18-14(12)10-15-2/h6,9,13,15H,3-5,7-8,10-11H2,1-2H3. The van der Waals surface area contributed by atoms with Gasteiger partial charge in [-0.25, -0.2) is 0 Å². The molecule has 1 aromatic heterocycles. The van der Waals surface area contributed by atoms with Crippen molar-refractivity contribution in [2.75, 3.05) is 26.7 Å². The molecule has 0 atom stereocenters. The molecule has 1 aliphatic rings. The van der Waals surface area contributed by atoms with Crippen LogP contribution in [0, 0.1) is 0 Å². The van der Waals surface area contributed by atoms with Crippen molar-refractivity contribution in [2.45, 2.75) is 39.0 Å². The minimum absolute atomic E-state index is 0.465. The van der Waals surface area contributed by atoms with E-state index in [1.165, 1.54) is 5.56 Å². The predicted octanol–water partition coefficient (Wildman–Crippen LogP) is 2.00. The molecule has 0 radical (unpaired) electrons. The Morgan fingerprint density at radius 2 is 2.22 bits per heavy atom. The average molecular weight is 252 g/mol. The average Bonchev–Trinajstić information content (AvgIpc) is 2.80. The maximum absolute atomic E-state index is 5.67. The molecule has 102 valence electrons. The second-order valence-electron chi connectivity index (χ2n) is 4.83. The van der Waals surface area contributed by atoms with E-state index in [1.807, 2.05) is 7.05 Å². The highest BCUT2D eigenvalue weighted by Crippen LogP contribution is 2.18. The Kier molecular flexibility index (Phi) is 5.23. The summed E-state index contributed by atoms with van der Waals surface area (Å²) in [6.45, 7) is 6.94. The Morgan fingerprint density at radius 1 is 1.44 bits per heavy atom. The van der Waals surface area contributed by atoms with Crippen molar-refractivity contribution in [3.8, 4) is 0 Å². The molecular formula is C14H24N2O2. The third kappa shape index (κ3) is 3.57. The van der Waals surface area contributed by atoms with Crippen molar-refractivity contribution >= 4 is 0 Å². The third-order valence-electron chi connectivity index (χ3n) is 3.51. The number of likely N-dealkylation sites (tertiary alicyclic amines) is 1. The van der Waals surface area contributed by atoms with Crippen LogP contribution >= 0.6 is 0 Å². The molecule has 0 aliphatic carbocycles. The van der Waals surface area contributed by atoms with Crippen LogP contribution in [0.25, 0.3) is 0 Å². The number of piperidine rings is 1. The first-order valence-electron chi connectivity index (χ1n) is 6.87. The van der Waals surface area contributed by atoms with Gasteiger partial charge in [-0.3, -0.25) is 4.90 Å². The summed E-state index contributed by atoms with van der Waals surface area (Å²) in [5.41, 5.74) is 1.30. The van der Waals surface area contributed by atoms with E-state index in [9.17, 15) is 0 Å². The number of nitrogens with zero attached hydrogens (tertiary/aromatic N) is 1. The summed E-state index contributed by atoms with van der Waals surface area (Å²) in [6, 6.07) is 2.08. The normalized spacial score (nSPS) is 18.3. The van der Waals surface area contributed by atoms with Gasteiger partial charge in [-0.2, -0.15) is 0 Å². The van der Waals surface area contributed by atoms with E-state index in [-0.39, 0.29) is 0 Å². The fourth-order valence-electron chi connectivity index (χ4n) is 2.53. The summed E-state index contributed by atoms with van der Waals surface area (Å²) >= 11 is 0. The second-order valence-corrected chi connectivity index (χ2v) is 4.83. The summed E-state index contributed by atoms with van der Waals surface area (Å²) in [7, 11) is 1.94. The Balaban J connectivity index is 1.82. The summed E-state index contributed by atoms with van der Waals surface area (Å²) in [6.07, 6.45) is 4.54. The van der Waals surface area contributed by atoms with Crippen molar-refractivity contribution < 1.29 is 9.15 Å². The van der Waals surface area contributed by atoms with Crippen LogP contribution < -0.4 is 5.32 Å². The third-order valence-corrected chi connectivity index (χ3v) is 3.51. The molecule has 4 nitrogen and oxygen atoms in total. The van der Waals surface area contributed by atoms with Gasteiger partial charge in [-0.15, -0.1) is 0 Å². The van der Waals surface area contributed by atoms with E-state index in [2.05, 4.69) is 23.2 Å². The molecule has 1 fully saturated rings. The van der Waals surface area contributed by atoms with Gasteiger partial charge < -0.3 is 14.5 Å². The molecule has 0 spiro atoms. The minimum Gasteiger partial charge on any atom is -0.468 e. The molecule has 2 heterocycles. The fraction of sp³-hybridized carbons (Fsp3) is 0.714. The monoisotopic (exact) mass is 252 g/mol. The molecule has 1 aromatic rings. The van der Waals surface area contributed by atoms with Crippen molar-refractivity contribution in [3.63, 3.8) is 0 Å². The van der Waals surface area contributed by atoms with Gasteiger partial charge in [0.1, 0.15) is 5.76 Å². The predicted molar refractivity (Wildman–Crippen MR) is 71.4 cm³/mol. The number of rotatable bonds is 6. The lowest BCUT2D eigenvalue weighted by Crippen LogP contribution is -2.36.